The Labute approximate surface area is 151 Å². The van der Waals surface area contributed by atoms with Crippen molar-refractivity contribution in [1.82, 2.24) is 19.8 Å². The van der Waals surface area contributed by atoms with Crippen LogP contribution in [0.4, 0.5) is 0 Å². The van der Waals surface area contributed by atoms with E-state index in [1.165, 1.54) is 16.8 Å². The number of sulfonamides is 1. The first-order valence-corrected chi connectivity index (χ1v) is 10.3. The van der Waals surface area contributed by atoms with Gasteiger partial charge in [0.1, 0.15) is 5.76 Å². The van der Waals surface area contributed by atoms with Gasteiger partial charge in [0.2, 0.25) is 15.9 Å². The Kier molecular flexibility index (Phi) is 5.42. The van der Waals surface area contributed by atoms with Gasteiger partial charge in [-0.1, -0.05) is 5.16 Å². The average molecular weight is 382 g/mol. The van der Waals surface area contributed by atoms with Crippen LogP contribution in [0, 0.1) is 6.92 Å². The molecule has 0 aliphatic carbocycles. The second-order valence-corrected chi connectivity index (χ2v) is 8.36. The van der Waals surface area contributed by atoms with Gasteiger partial charge in [0.05, 0.1) is 18.1 Å². The van der Waals surface area contributed by atoms with Crippen molar-refractivity contribution in [3.05, 3.63) is 35.4 Å². The van der Waals surface area contributed by atoms with E-state index in [4.69, 9.17) is 8.94 Å². The summed E-state index contributed by atoms with van der Waals surface area (Å²) in [6.45, 7) is 3.03. The first-order valence-electron chi connectivity index (χ1n) is 8.44. The Morgan fingerprint density at radius 1 is 1.38 bits per heavy atom. The standard InChI is InChI=1S/C16H22N4O5S/c1-11-13(6-10-24-11)16(21)17-7-3-14-18-15(19-25-14)12-4-8-20(9-5-12)26(2,22)23/h6,10,12H,3-5,7-9H2,1-2H3,(H,17,21). The van der Waals surface area contributed by atoms with Crippen LogP contribution in [-0.2, 0) is 16.4 Å². The van der Waals surface area contributed by atoms with E-state index in [1.54, 1.807) is 13.0 Å². The van der Waals surface area contributed by atoms with Gasteiger partial charge in [-0.25, -0.2) is 12.7 Å². The molecular formula is C16H22N4O5S. The normalized spacial score (nSPS) is 16.7. The summed E-state index contributed by atoms with van der Waals surface area (Å²) in [4.78, 5) is 16.4. The van der Waals surface area contributed by atoms with E-state index in [1.807, 2.05) is 0 Å². The van der Waals surface area contributed by atoms with Crippen LogP contribution in [-0.4, -0.2) is 54.7 Å². The van der Waals surface area contributed by atoms with Crippen molar-refractivity contribution in [2.75, 3.05) is 25.9 Å². The summed E-state index contributed by atoms with van der Waals surface area (Å²) in [5.41, 5.74) is 0.508. The molecule has 3 rings (SSSR count). The molecule has 1 fully saturated rings. The maximum Gasteiger partial charge on any atom is 0.254 e. The lowest BCUT2D eigenvalue weighted by molar-refractivity contribution is 0.0952. The van der Waals surface area contributed by atoms with E-state index in [0.717, 1.165) is 0 Å². The lowest BCUT2D eigenvalue weighted by Gasteiger charge is -2.28. The molecule has 1 aliphatic heterocycles. The average Bonchev–Trinajstić information content (AvgIpc) is 3.23. The lowest BCUT2D eigenvalue weighted by Crippen LogP contribution is -2.37. The fourth-order valence-corrected chi connectivity index (χ4v) is 3.85. The highest BCUT2D eigenvalue weighted by molar-refractivity contribution is 7.88. The summed E-state index contributed by atoms with van der Waals surface area (Å²) in [6, 6.07) is 1.62. The summed E-state index contributed by atoms with van der Waals surface area (Å²) >= 11 is 0. The van der Waals surface area contributed by atoms with Crippen LogP contribution in [0.1, 0.15) is 46.6 Å². The summed E-state index contributed by atoms with van der Waals surface area (Å²) in [5.74, 6) is 1.51. The number of carbonyl (C=O) groups is 1. The largest absolute Gasteiger partial charge is 0.469 e. The van der Waals surface area contributed by atoms with Crippen LogP contribution >= 0.6 is 0 Å². The van der Waals surface area contributed by atoms with Crippen LogP contribution in [0.3, 0.4) is 0 Å². The minimum atomic E-state index is -3.15. The number of hydrogen-bond donors (Lipinski definition) is 1. The van der Waals surface area contributed by atoms with Gasteiger partial charge >= 0.3 is 0 Å². The molecule has 142 valence electrons. The number of aromatic nitrogens is 2. The zero-order valence-electron chi connectivity index (χ0n) is 14.8. The maximum atomic E-state index is 12.0. The van der Waals surface area contributed by atoms with Crippen molar-refractivity contribution in [3.63, 3.8) is 0 Å². The Morgan fingerprint density at radius 2 is 2.12 bits per heavy atom. The molecule has 0 bridgehead atoms. The summed E-state index contributed by atoms with van der Waals surface area (Å²) < 4.78 is 34.9. The Morgan fingerprint density at radius 3 is 2.73 bits per heavy atom. The van der Waals surface area contributed by atoms with E-state index < -0.39 is 10.0 Å². The molecule has 1 N–H and O–H groups in total. The van der Waals surface area contributed by atoms with Crippen LogP contribution in [0.5, 0.6) is 0 Å². The third kappa shape index (κ3) is 4.31. The lowest BCUT2D eigenvalue weighted by atomic mass is 9.97. The van der Waals surface area contributed by atoms with Crippen molar-refractivity contribution in [1.29, 1.82) is 0 Å². The smallest absolute Gasteiger partial charge is 0.254 e. The molecular weight excluding hydrogens is 360 g/mol. The minimum Gasteiger partial charge on any atom is -0.469 e. The Balaban J connectivity index is 1.48. The molecule has 0 saturated carbocycles. The number of rotatable bonds is 6. The summed E-state index contributed by atoms with van der Waals surface area (Å²) in [6.07, 6.45) is 4.46. The number of carbonyl (C=O) groups excluding carboxylic acids is 1. The van der Waals surface area contributed by atoms with Gasteiger partial charge in [-0.05, 0) is 25.8 Å². The van der Waals surface area contributed by atoms with Gasteiger partial charge in [0, 0.05) is 32.0 Å². The molecule has 0 radical (unpaired) electrons. The second-order valence-electron chi connectivity index (χ2n) is 6.38. The van der Waals surface area contributed by atoms with Gasteiger partial charge in [-0.15, -0.1) is 0 Å². The molecule has 0 aromatic carbocycles. The number of aryl methyl sites for hydroxylation is 1. The van der Waals surface area contributed by atoms with E-state index in [2.05, 4.69) is 15.5 Å². The molecule has 0 spiro atoms. The van der Waals surface area contributed by atoms with E-state index in [9.17, 15) is 13.2 Å². The van der Waals surface area contributed by atoms with Crippen molar-refractivity contribution < 1.29 is 22.2 Å². The molecule has 10 heteroatoms. The van der Waals surface area contributed by atoms with E-state index in [-0.39, 0.29) is 11.8 Å². The first kappa shape index (κ1) is 18.6. The zero-order valence-corrected chi connectivity index (χ0v) is 15.6. The van der Waals surface area contributed by atoms with Crippen LogP contribution in [0.25, 0.3) is 0 Å². The molecule has 26 heavy (non-hydrogen) atoms. The van der Waals surface area contributed by atoms with Crippen molar-refractivity contribution >= 4 is 15.9 Å². The third-order valence-electron chi connectivity index (χ3n) is 4.50. The number of furan rings is 1. The molecule has 1 aliphatic rings. The molecule has 1 saturated heterocycles. The predicted octanol–water partition coefficient (Wildman–Crippen LogP) is 1.08. The van der Waals surface area contributed by atoms with Crippen LogP contribution in [0.15, 0.2) is 21.3 Å². The minimum absolute atomic E-state index is 0.0914. The van der Waals surface area contributed by atoms with Crippen LogP contribution < -0.4 is 5.32 Å². The molecule has 0 atom stereocenters. The highest BCUT2D eigenvalue weighted by Crippen LogP contribution is 2.26. The van der Waals surface area contributed by atoms with E-state index >= 15 is 0 Å². The van der Waals surface area contributed by atoms with Gasteiger partial charge in [-0.3, -0.25) is 4.79 Å². The molecule has 2 aromatic rings. The monoisotopic (exact) mass is 382 g/mol. The topological polar surface area (TPSA) is 119 Å². The van der Waals surface area contributed by atoms with Crippen molar-refractivity contribution in [3.8, 4) is 0 Å². The third-order valence-corrected chi connectivity index (χ3v) is 5.80. The quantitative estimate of drug-likeness (QED) is 0.794. The predicted molar refractivity (Wildman–Crippen MR) is 92.2 cm³/mol. The van der Waals surface area contributed by atoms with Crippen LogP contribution in [0.2, 0.25) is 0 Å². The number of nitrogens with one attached hydrogen (secondary N) is 1. The van der Waals surface area contributed by atoms with Gasteiger partial charge in [-0.2, -0.15) is 4.98 Å². The fourth-order valence-electron chi connectivity index (χ4n) is 2.98. The van der Waals surface area contributed by atoms with E-state index in [0.29, 0.717) is 61.9 Å². The van der Waals surface area contributed by atoms with Crippen molar-refractivity contribution in [2.24, 2.45) is 0 Å². The maximum absolute atomic E-state index is 12.0. The highest BCUT2D eigenvalue weighted by atomic mass is 32.2. The SMILES string of the molecule is Cc1occc1C(=O)NCCc1nc(C2CCN(S(C)(=O)=O)CC2)no1. The number of nitrogens with zero attached hydrogens (tertiary/aromatic N) is 3. The second kappa shape index (κ2) is 7.58. The molecule has 0 unspecified atom stereocenters. The van der Waals surface area contributed by atoms with Crippen molar-refractivity contribution in [2.45, 2.75) is 32.1 Å². The summed E-state index contributed by atoms with van der Waals surface area (Å²) in [7, 11) is -3.15. The zero-order chi connectivity index (χ0) is 18.7. The van der Waals surface area contributed by atoms with Gasteiger partial charge in [0.25, 0.3) is 5.91 Å². The van der Waals surface area contributed by atoms with Gasteiger partial charge < -0.3 is 14.3 Å². The molecule has 1 amide bonds. The van der Waals surface area contributed by atoms with Gasteiger partial charge in [0.15, 0.2) is 5.82 Å². The number of hydrogen-bond acceptors (Lipinski definition) is 7. The number of piperidine rings is 1. The Bertz CT molecular complexity index is 865. The fraction of sp³-hybridized carbons (Fsp3) is 0.562. The number of amides is 1. The molecule has 3 heterocycles. The molecule has 9 nitrogen and oxygen atoms in total. The first-order chi connectivity index (χ1) is 12.3. The summed E-state index contributed by atoms with van der Waals surface area (Å²) in [5, 5.41) is 6.79. The highest BCUT2D eigenvalue weighted by Gasteiger charge is 2.28. The Hall–Kier alpha value is -2.20. The molecule has 2 aromatic heterocycles.